The van der Waals surface area contributed by atoms with Crippen molar-refractivity contribution in [2.24, 2.45) is 5.41 Å². The number of nitrogens with one attached hydrogen (secondary N) is 1. The van der Waals surface area contributed by atoms with Crippen LogP contribution in [0.3, 0.4) is 0 Å². The van der Waals surface area contributed by atoms with Crippen molar-refractivity contribution in [3.8, 4) is 0 Å². The lowest BCUT2D eigenvalue weighted by Gasteiger charge is -2.39. The zero-order chi connectivity index (χ0) is 15.3. The summed E-state index contributed by atoms with van der Waals surface area (Å²) >= 11 is 0. The van der Waals surface area contributed by atoms with Crippen LogP contribution in [-0.4, -0.2) is 31.1 Å². The van der Waals surface area contributed by atoms with E-state index < -0.39 is 0 Å². The summed E-state index contributed by atoms with van der Waals surface area (Å²) in [5.41, 5.74) is 1.63. The largest absolute Gasteiger partial charge is 0.313 e. The van der Waals surface area contributed by atoms with Gasteiger partial charge in [0.25, 0.3) is 0 Å². The van der Waals surface area contributed by atoms with Gasteiger partial charge in [0, 0.05) is 18.6 Å². The number of rotatable bonds is 9. The molecule has 1 saturated carbocycles. The van der Waals surface area contributed by atoms with Gasteiger partial charge in [0.05, 0.1) is 0 Å². The van der Waals surface area contributed by atoms with Gasteiger partial charge in [0.2, 0.25) is 0 Å². The second-order valence-electron chi connectivity index (χ2n) is 7.18. The summed E-state index contributed by atoms with van der Waals surface area (Å²) in [6.45, 7) is 9.54. The Morgan fingerprint density at radius 2 is 1.90 bits per heavy atom. The van der Waals surface area contributed by atoms with Crippen LogP contribution in [0, 0.1) is 5.41 Å². The summed E-state index contributed by atoms with van der Waals surface area (Å²) in [5.74, 6) is 0. The van der Waals surface area contributed by atoms with E-state index in [1.165, 1.54) is 44.3 Å². The van der Waals surface area contributed by atoms with Gasteiger partial charge in [-0.05, 0) is 43.8 Å². The van der Waals surface area contributed by atoms with Crippen molar-refractivity contribution in [3.63, 3.8) is 0 Å². The van der Waals surface area contributed by atoms with E-state index in [-0.39, 0.29) is 5.41 Å². The molecule has 0 aromatic heterocycles. The molecule has 1 aromatic rings. The van der Waals surface area contributed by atoms with Gasteiger partial charge in [0.1, 0.15) is 0 Å². The second-order valence-corrected chi connectivity index (χ2v) is 7.18. The topological polar surface area (TPSA) is 15.3 Å². The summed E-state index contributed by atoms with van der Waals surface area (Å²) in [6.07, 6.45) is 5.41. The minimum absolute atomic E-state index is 0.229. The van der Waals surface area contributed by atoms with Gasteiger partial charge in [-0.25, -0.2) is 0 Å². The van der Waals surface area contributed by atoms with Crippen LogP contribution in [0.5, 0.6) is 0 Å². The Hall–Kier alpha value is -0.860. The fourth-order valence-electron chi connectivity index (χ4n) is 3.46. The van der Waals surface area contributed by atoms with Crippen LogP contribution in [0.1, 0.15) is 58.1 Å². The highest BCUT2D eigenvalue weighted by atomic mass is 15.2. The molecule has 2 heteroatoms. The SMILES string of the molecule is CCCCN(CC(C)(C)C(NC)c1ccccc1)C1CC1. The maximum absolute atomic E-state index is 3.55. The monoisotopic (exact) mass is 288 g/mol. The first-order valence-corrected chi connectivity index (χ1v) is 8.54. The van der Waals surface area contributed by atoms with E-state index in [4.69, 9.17) is 0 Å². The lowest BCUT2D eigenvalue weighted by atomic mass is 9.79. The molecule has 0 bridgehead atoms. The second kappa shape index (κ2) is 7.42. The molecule has 0 aliphatic heterocycles. The molecule has 0 spiro atoms. The third kappa shape index (κ3) is 4.55. The Kier molecular flexibility index (Phi) is 5.83. The average Bonchev–Trinajstić information content (AvgIpc) is 3.29. The summed E-state index contributed by atoms with van der Waals surface area (Å²) in [7, 11) is 2.09. The predicted molar refractivity (Wildman–Crippen MR) is 91.5 cm³/mol. The van der Waals surface area contributed by atoms with Crippen molar-refractivity contribution < 1.29 is 0 Å². The molecule has 0 radical (unpaired) electrons. The summed E-state index contributed by atoms with van der Waals surface area (Å²) in [5, 5.41) is 3.55. The van der Waals surface area contributed by atoms with Crippen LogP contribution in [0.4, 0.5) is 0 Å². The Labute approximate surface area is 130 Å². The van der Waals surface area contributed by atoms with Crippen molar-refractivity contribution in [2.45, 2.75) is 58.5 Å². The number of nitrogens with zero attached hydrogens (tertiary/aromatic N) is 1. The minimum atomic E-state index is 0.229. The zero-order valence-corrected chi connectivity index (χ0v) is 14.2. The molecule has 2 rings (SSSR count). The van der Waals surface area contributed by atoms with E-state index in [9.17, 15) is 0 Å². The summed E-state index contributed by atoms with van der Waals surface area (Å²) in [4.78, 5) is 2.73. The molecule has 1 unspecified atom stereocenters. The van der Waals surface area contributed by atoms with Gasteiger partial charge in [-0.1, -0.05) is 57.5 Å². The Morgan fingerprint density at radius 3 is 2.43 bits per heavy atom. The van der Waals surface area contributed by atoms with Crippen LogP contribution in [0.2, 0.25) is 0 Å². The molecule has 2 nitrogen and oxygen atoms in total. The molecule has 0 saturated heterocycles. The summed E-state index contributed by atoms with van der Waals surface area (Å²) < 4.78 is 0. The standard InChI is InChI=1S/C19H32N2/c1-5-6-14-21(17-12-13-17)15-19(2,3)18(20-4)16-10-8-7-9-11-16/h7-11,17-18,20H,5-6,12-15H2,1-4H3. The molecule has 1 aliphatic rings. The highest BCUT2D eigenvalue weighted by molar-refractivity contribution is 5.21. The maximum Gasteiger partial charge on any atom is 0.0381 e. The van der Waals surface area contributed by atoms with Gasteiger partial charge >= 0.3 is 0 Å². The van der Waals surface area contributed by atoms with E-state index in [1.807, 2.05) is 0 Å². The highest BCUT2D eigenvalue weighted by Crippen LogP contribution is 2.37. The molecule has 0 heterocycles. The molecule has 1 fully saturated rings. The lowest BCUT2D eigenvalue weighted by molar-refractivity contribution is 0.132. The molecule has 0 amide bonds. The van der Waals surface area contributed by atoms with Crippen molar-refractivity contribution >= 4 is 0 Å². The fourth-order valence-corrected chi connectivity index (χ4v) is 3.46. The van der Waals surface area contributed by atoms with Crippen LogP contribution < -0.4 is 5.32 Å². The van der Waals surface area contributed by atoms with E-state index in [2.05, 4.69) is 68.4 Å². The highest BCUT2D eigenvalue weighted by Gasteiger charge is 2.36. The van der Waals surface area contributed by atoms with Gasteiger partial charge < -0.3 is 5.32 Å². The first kappa shape index (κ1) is 16.5. The number of hydrogen-bond acceptors (Lipinski definition) is 2. The maximum atomic E-state index is 3.55. The van der Waals surface area contributed by atoms with E-state index in [0.717, 1.165) is 6.04 Å². The molecule has 118 valence electrons. The Morgan fingerprint density at radius 1 is 1.24 bits per heavy atom. The Bertz CT molecular complexity index is 409. The van der Waals surface area contributed by atoms with Crippen LogP contribution in [-0.2, 0) is 0 Å². The fraction of sp³-hybridized carbons (Fsp3) is 0.684. The van der Waals surface area contributed by atoms with Gasteiger partial charge in [-0.2, -0.15) is 0 Å². The average molecular weight is 288 g/mol. The van der Waals surface area contributed by atoms with Crippen LogP contribution in [0.25, 0.3) is 0 Å². The zero-order valence-electron chi connectivity index (χ0n) is 14.2. The van der Waals surface area contributed by atoms with Gasteiger partial charge in [-0.3, -0.25) is 4.90 Å². The van der Waals surface area contributed by atoms with Crippen molar-refractivity contribution in [3.05, 3.63) is 35.9 Å². The van der Waals surface area contributed by atoms with E-state index in [0.29, 0.717) is 6.04 Å². The van der Waals surface area contributed by atoms with Gasteiger partial charge in [0.15, 0.2) is 0 Å². The lowest BCUT2D eigenvalue weighted by Crippen LogP contribution is -2.43. The molecular formula is C19H32N2. The molecular weight excluding hydrogens is 256 g/mol. The predicted octanol–water partition coefficient (Wildman–Crippen LogP) is 4.24. The molecule has 1 atom stereocenters. The number of hydrogen-bond donors (Lipinski definition) is 1. The van der Waals surface area contributed by atoms with E-state index >= 15 is 0 Å². The smallest absolute Gasteiger partial charge is 0.0381 e. The van der Waals surface area contributed by atoms with Crippen molar-refractivity contribution in [1.29, 1.82) is 0 Å². The van der Waals surface area contributed by atoms with Crippen molar-refractivity contribution in [2.75, 3.05) is 20.1 Å². The molecule has 1 N–H and O–H groups in total. The van der Waals surface area contributed by atoms with E-state index in [1.54, 1.807) is 0 Å². The molecule has 1 aliphatic carbocycles. The molecule has 21 heavy (non-hydrogen) atoms. The third-order valence-corrected chi connectivity index (χ3v) is 4.68. The Balaban J connectivity index is 2.07. The molecule has 1 aromatic carbocycles. The number of benzene rings is 1. The first-order valence-electron chi connectivity index (χ1n) is 8.54. The number of unbranched alkanes of at least 4 members (excludes halogenated alkanes) is 1. The van der Waals surface area contributed by atoms with Crippen LogP contribution in [0.15, 0.2) is 30.3 Å². The quantitative estimate of drug-likeness (QED) is 0.731. The minimum Gasteiger partial charge on any atom is -0.313 e. The van der Waals surface area contributed by atoms with Crippen molar-refractivity contribution in [1.82, 2.24) is 10.2 Å². The van der Waals surface area contributed by atoms with Gasteiger partial charge in [-0.15, -0.1) is 0 Å². The summed E-state index contributed by atoms with van der Waals surface area (Å²) in [6, 6.07) is 12.1. The third-order valence-electron chi connectivity index (χ3n) is 4.68. The normalized spacial score (nSPS) is 17.2. The van der Waals surface area contributed by atoms with Crippen LogP contribution >= 0.6 is 0 Å². The first-order chi connectivity index (χ1) is 10.1.